The number of carbonyl (C=O) groups excluding carboxylic acids is 2. The van der Waals surface area contributed by atoms with Crippen molar-refractivity contribution in [2.24, 2.45) is 11.7 Å². The van der Waals surface area contributed by atoms with Crippen molar-refractivity contribution in [1.82, 2.24) is 14.5 Å². The molecule has 3 atom stereocenters. The molecule has 2 aromatic carbocycles. The molecule has 3 heterocycles. The lowest BCUT2D eigenvalue weighted by atomic mass is 9.73. The highest BCUT2D eigenvalue weighted by molar-refractivity contribution is 6.01. The molecule has 0 spiro atoms. The van der Waals surface area contributed by atoms with E-state index in [1.54, 1.807) is 18.2 Å². The van der Waals surface area contributed by atoms with E-state index in [-0.39, 0.29) is 30.5 Å². The van der Waals surface area contributed by atoms with E-state index in [0.717, 1.165) is 5.56 Å². The molecular formula is C23H22N4O4. The molecule has 3 aromatic rings. The molecule has 2 aliphatic rings. The van der Waals surface area contributed by atoms with Gasteiger partial charge in [-0.05, 0) is 30.7 Å². The van der Waals surface area contributed by atoms with Crippen LogP contribution >= 0.6 is 0 Å². The van der Waals surface area contributed by atoms with E-state index in [1.807, 2.05) is 37.3 Å². The van der Waals surface area contributed by atoms with Gasteiger partial charge in [0.15, 0.2) is 5.72 Å². The summed E-state index contributed by atoms with van der Waals surface area (Å²) in [6, 6.07) is 14.5. The first-order valence-corrected chi connectivity index (χ1v) is 10.2. The molecule has 1 saturated heterocycles. The summed E-state index contributed by atoms with van der Waals surface area (Å²) in [5.41, 5.74) is 5.99. The summed E-state index contributed by atoms with van der Waals surface area (Å²) in [5, 5.41) is 0.513. The molecule has 0 radical (unpaired) electrons. The first kappa shape index (κ1) is 19.3. The first-order valence-electron chi connectivity index (χ1n) is 10.2. The zero-order valence-corrected chi connectivity index (χ0v) is 17.0. The van der Waals surface area contributed by atoms with Crippen molar-refractivity contribution < 1.29 is 14.3 Å². The van der Waals surface area contributed by atoms with Gasteiger partial charge >= 0.3 is 0 Å². The Balaban J connectivity index is 1.50. The number of para-hydroxylation sites is 2. The molecule has 2 amide bonds. The van der Waals surface area contributed by atoms with Crippen LogP contribution in [0, 0.1) is 5.92 Å². The largest absolute Gasteiger partial charge is 0.468 e. The Hall–Kier alpha value is -3.68. The molecule has 1 fully saturated rings. The second-order valence-corrected chi connectivity index (χ2v) is 8.26. The monoisotopic (exact) mass is 418 g/mol. The lowest BCUT2D eigenvalue weighted by Gasteiger charge is -2.52. The maximum Gasteiger partial charge on any atom is 0.261 e. The number of primary amides is 1. The Bertz CT molecular complexity index is 1270. The molecular weight excluding hydrogens is 396 g/mol. The summed E-state index contributed by atoms with van der Waals surface area (Å²) >= 11 is 0. The Morgan fingerprint density at radius 1 is 1.16 bits per heavy atom. The number of nitrogens with two attached hydrogens (primary N) is 1. The third-order valence-electron chi connectivity index (χ3n) is 6.35. The van der Waals surface area contributed by atoms with Crippen molar-refractivity contribution in [3.8, 4) is 5.75 Å². The molecule has 2 aliphatic heterocycles. The molecule has 1 aromatic heterocycles. The SMILES string of the molecule is CC12CC(c3ccccc3O1)C(C(N)=O)C(=O)N2CCn1cnc2ccccc2c1=O. The van der Waals surface area contributed by atoms with E-state index in [0.29, 0.717) is 23.1 Å². The molecule has 8 nitrogen and oxygen atoms in total. The van der Waals surface area contributed by atoms with E-state index < -0.39 is 17.6 Å². The van der Waals surface area contributed by atoms with Gasteiger partial charge < -0.3 is 15.4 Å². The smallest absolute Gasteiger partial charge is 0.261 e. The van der Waals surface area contributed by atoms with Gasteiger partial charge in [0.2, 0.25) is 11.8 Å². The third-order valence-corrected chi connectivity index (χ3v) is 6.35. The van der Waals surface area contributed by atoms with Gasteiger partial charge in [0.25, 0.3) is 5.56 Å². The number of likely N-dealkylation sites (tertiary alicyclic amines) is 1. The molecule has 3 unspecified atom stereocenters. The quantitative estimate of drug-likeness (QED) is 0.648. The summed E-state index contributed by atoms with van der Waals surface area (Å²) in [5.74, 6) is -1.67. The van der Waals surface area contributed by atoms with Gasteiger partial charge in [0.1, 0.15) is 11.7 Å². The van der Waals surface area contributed by atoms with Gasteiger partial charge in [0.05, 0.1) is 17.2 Å². The summed E-state index contributed by atoms with van der Waals surface area (Å²) < 4.78 is 7.71. The number of nitrogens with zero attached hydrogens (tertiary/aromatic N) is 3. The number of hydrogen-bond acceptors (Lipinski definition) is 5. The van der Waals surface area contributed by atoms with Crippen molar-refractivity contribution in [3.05, 3.63) is 70.8 Å². The van der Waals surface area contributed by atoms with Crippen LogP contribution in [0.3, 0.4) is 0 Å². The summed E-state index contributed by atoms with van der Waals surface area (Å²) in [4.78, 5) is 44.3. The van der Waals surface area contributed by atoms with Crippen LogP contribution in [0.5, 0.6) is 5.75 Å². The molecule has 0 saturated carbocycles. The fourth-order valence-corrected chi connectivity index (χ4v) is 4.85. The van der Waals surface area contributed by atoms with Crippen LogP contribution in [0.15, 0.2) is 59.7 Å². The van der Waals surface area contributed by atoms with Crippen molar-refractivity contribution >= 4 is 22.7 Å². The highest BCUT2D eigenvalue weighted by Gasteiger charge is 2.55. The molecule has 2 bridgehead atoms. The summed E-state index contributed by atoms with van der Waals surface area (Å²) in [6.45, 7) is 2.25. The number of amides is 2. The molecule has 5 rings (SSSR count). The van der Waals surface area contributed by atoms with Crippen molar-refractivity contribution in [2.75, 3.05) is 6.54 Å². The second-order valence-electron chi connectivity index (χ2n) is 8.26. The third kappa shape index (κ3) is 2.98. The van der Waals surface area contributed by atoms with E-state index >= 15 is 0 Å². The average molecular weight is 418 g/mol. The predicted molar refractivity (Wildman–Crippen MR) is 113 cm³/mol. The topological polar surface area (TPSA) is 108 Å². The molecule has 31 heavy (non-hydrogen) atoms. The minimum atomic E-state index is -0.968. The number of aromatic nitrogens is 2. The van der Waals surface area contributed by atoms with Gasteiger partial charge in [-0.1, -0.05) is 30.3 Å². The van der Waals surface area contributed by atoms with Gasteiger partial charge in [0, 0.05) is 25.4 Å². The predicted octanol–water partition coefficient (Wildman–Crippen LogP) is 1.62. The second kappa shape index (κ2) is 6.94. The van der Waals surface area contributed by atoms with Crippen molar-refractivity contribution in [2.45, 2.75) is 31.5 Å². The number of ether oxygens (including phenoxy) is 1. The zero-order valence-electron chi connectivity index (χ0n) is 17.0. The fraction of sp³-hybridized carbons (Fsp3) is 0.304. The number of benzene rings is 2. The Morgan fingerprint density at radius 3 is 2.71 bits per heavy atom. The number of hydrogen-bond donors (Lipinski definition) is 1. The van der Waals surface area contributed by atoms with Crippen molar-refractivity contribution in [1.29, 1.82) is 0 Å². The van der Waals surface area contributed by atoms with Crippen LogP contribution in [0.2, 0.25) is 0 Å². The maximum absolute atomic E-state index is 13.4. The highest BCUT2D eigenvalue weighted by atomic mass is 16.5. The van der Waals surface area contributed by atoms with Crippen LogP contribution in [0.25, 0.3) is 10.9 Å². The Labute approximate surface area is 178 Å². The van der Waals surface area contributed by atoms with Crippen LogP contribution < -0.4 is 16.0 Å². The summed E-state index contributed by atoms with van der Waals surface area (Å²) in [7, 11) is 0. The number of fused-ring (bicyclic) bond motifs is 5. The molecule has 158 valence electrons. The average Bonchev–Trinajstić information content (AvgIpc) is 2.74. The van der Waals surface area contributed by atoms with E-state index in [1.165, 1.54) is 15.8 Å². The maximum atomic E-state index is 13.4. The van der Waals surface area contributed by atoms with Gasteiger partial charge in [-0.2, -0.15) is 0 Å². The zero-order chi connectivity index (χ0) is 21.8. The minimum Gasteiger partial charge on any atom is -0.468 e. The van der Waals surface area contributed by atoms with Crippen molar-refractivity contribution in [3.63, 3.8) is 0 Å². The van der Waals surface area contributed by atoms with Gasteiger partial charge in [-0.25, -0.2) is 4.98 Å². The normalized spacial score (nSPS) is 24.5. The highest BCUT2D eigenvalue weighted by Crippen LogP contribution is 2.49. The van der Waals surface area contributed by atoms with E-state index in [9.17, 15) is 14.4 Å². The Kier molecular flexibility index (Phi) is 4.32. The molecule has 8 heteroatoms. The first-order chi connectivity index (χ1) is 14.9. The lowest BCUT2D eigenvalue weighted by molar-refractivity contribution is -0.175. The van der Waals surface area contributed by atoms with E-state index in [4.69, 9.17) is 10.5 Å². The minimum absolute atomic E-state index is 0.181. The standard InChI is InChI=1S/C23H22N4O4/c1-23-12-16(14-6-3-5-9-18(14)31-23)19(20(24)28)22(30)27(23)11-10-26-13-25-17-8-4-2-7-15(17)21(26)29/h2-9,13,16,19H,10-12H2,1H3,(H2,24,28). The number of rotatable bonds is 4. The van der Waals surface area contributed by atoms with Gasteiger partial charge in [-0.3, -0.25) is 19.0 Å². The van der Waals surface area contributed by atoms with Gasteiger partial charge in [-0.15, -0.1) is 0 Å². The van der Waals surface area contributed by atoms with E-state index in [2.05, 4.69) is 4.98 Å². The number of carbonyl (C=O) groups is 2. The number of piperidine rings is 1. The van der Waals surface area contributed by atoms with Crippen LogP contribution in [0.1, 0.15) is 24.8 Å². The summed E-state index contributed by atoms with van der Waals surface area (Å²) in [6.07, 6.45) is 1.93. The lowest BCUT2D eigenvalue weighted by Crippen LogP contribution is -2.65. The molecule has 2 N–H and O–H groups in total. The fourth-order valence-electron chi connectivity index (χ4n) is 4.85. The van der Waals surface area contributed by atoms with Crippen LogP contribution in [-0.4, -0.2) is 38.5 Å². The van der Waals surface area contributed by atoms with Crippen LogP contribution in [-0.2, 0) is 16.1 Å². The molecule has 0 aliphatic carbocycles. The van der Waals surface area contributed by atoms with Crippen LogP contribution in [0.4, 0.5) is 0 Å². The Morgan fingerprint density at radius 2 is 1.90 bits per heavy atom.